The zero-order valence-corrected chi connectivity index (χ0v) is 22.7. The fraction of sp³-hybridized carbons (Fsp3) is 0.407. The molecule has 1 aliphatic heterocycles. The molecule has 0 radical (unpaired) electrons. The highest BCUT2D eigenvalue weighted by atomic mass is 35.5. The van der Waals surface area contributed by atoms with Crippen molar-refractivity contribution in [2.75, 3.05) is 45.8 Å². The summed E-state index contributed by atoms with van der Waals surface area (Å²) in [6.07, 6.45) is 4.65. The molecule has 1 heterocycles. The summed E-state index contributed by atoms with van der Waals surface area (Å²) in [5.41, 5.74) is 5.32. The van der Waals surface area contributed by atoms with Crippen LogP contribution in [0.15, 0.2) is 54.7 Å². The monoisotopic (exact) mass is 532 g/mol. The molecule has 0 saturated carbocycles. The summed E-state index contributed by atoms with van der Waals surface area (Å²) in [4.78, 5) is 27.1. The lowest BCUT2D eigenvalue weighted by atomic mass is 10.0. The molecular weight excluding hydrogens is 496 g/mol. The van der Waals surface area contributed by atoms with Crippen LogP contribution >= 0.6 is 12.4 Å². The van der Waals surface area contributed by atoms with Crippen molar-refractivity contribution in [3.05, 3.63) is 65.9 Å². The molecule has 0 saturated heterocycles. The number of anilines is 1. The van der Waals surface area contributed by atoms with Crippen LogP contribution in [0.4, 0.5) is 10.5 Å². The molecule has 1 atom stereocenters. The summed E-state index contributed by atoms with van der Waals surface area (Å²) < 4.78 is 16.6. The Balaban J connectivity index is 0.00000481. The topological polar surface area (TPSA) is 92.4 Å². The number of hydrazine groups is 1. The molecule has 1 unspecified atom stereocenters. The second kappa shape index (κ2) is 15.1. The van der Waals surface area contributed by atoms with Gasteiger partial charge in [0.25, 0.3) is 5.91 Å². The van der Waals surface area contributed by atoms with Gasteiger partial charge in [-0.1, -0.05) is 12.1 Å². The molecule has 2 aromatic carbocycles. The smallest absolute Gasteiger partial charge is 0.411 e. The second-order valence-corrected chi connectivity index (χ2v) is 8.54. The summed E-state index contributed by atoms with van der Waals surface area (Å²) in [6, 6.07) is 12.4. The van der Waals surface area contributed by atoms with Crippen molar-refractivity contribution in [2.24, 2.45) is 0 Å². The minimum absolute atomic E-state index is 0. The molecule has 10 heteroatoms. The normalized spacial score (nSPS) is 14.6. The van der Waals surface area contributed by atoms with Gasteiger partial charge < -0.3 is 19.1 Å². The Kier molecular flexibility index (Phi) is 12.2. The van der Waals surface area contributed by atoms with Crippen molar-refractivity contribution in [2.45, 2.75) is 32.7 Å². The van der Waals surface area contributed by atoms with E-state index < -0.39 is 6.09 Å². The predicted octanol–water partition coefficient (Wildman–Crippen LogP) is 5.01. The zero-order chi connectivity index (χ0) is 25.9. The van der Waals surface area contributed by atoms with E-state index in [1.54, 1.807) is 30.5 Å². The summed E-state index contributed by atoms with van der Waals surface area (Å²) >= 11 is 0. The highest BCUT2D eigenvalue weighted by Gasteiger charge is 2.23. The predicted molar refractivity (Wildman–Crippen MR) is 146 cm³/mol. The van der Waals surface area contributed by atoms with Crippen molar-refractivity contribution >= 4 is 30.1 Å². The van der Waals surface area contributed by atoms with E-state index in [1.807, 2.05) is 57.1 Å². The van der Waals surface area contributed by atoms with E-state index in [0.29, 0.717) is 42.6 Å². The van der Waals surface area contributed by atoms with Gasteiger partial charge in [0.2, 0.25) is 0 Å². The zero-order valence-electron chi connectivity index (χ0n) is 21.9. The maximum atomic E-state index is 13.1. The van der Waals surface area contributed by atoms with Crippen LogP contribution in [0.2, 0.25) is 0 Å². The number of amides is 2. The highest BCUT2D eigenvalue weighted by Crippen LogP contribution is 2.32. The average molecular weight is 533 g/mol. The molecule has 0 aliphatic carbocycles. The SMILES string of the molecule is CCOc1ccc(C2CC=CN(C(=O)c3ccc(NC(=O)OCCCN(C)C)cc3)N2)cc1OCC.Cl. The lowest BCUT2D eigenvalue weighted by molar-refractivity contribution is 0.0713. The summed E-state index contributed by atoms with van der Waals surface area (Å²) in [6.45, 7) is 6.14. The van der Waals surface area contributed by atoms with Crippen LogP contribution in [0.3, 0.4) is 0 Å². The third-order valence-electron chi connectivity index (χ3n) is 5.47. The first-order valence-electron chi connectivity index (χ1n) is 12.3. The van der Waals surface area contributed by atoms with Crippen LogP contribution in [0.1, 0.15) is 48.7 Å². The molecule has 202 valence electrons. The number of carbonyl (C=O) groups excluding carboxylic acids is 2. The van der Waals surface area contributed by atoms with Crippen LogP contribution in [0.5, 0.6) is 11.5 Å². The molecule has 37 heavy (non-hydrogen) atoms. The molecule has 0 bridgehead atoms. The molecule has 2 N–H and O–H groups in total. The van der Waals surface area contributed by atoms with Gasteiger partial charge in [-0.3, -0.25) is 10.1 Å². The van der Waals surface area contributed by atoms with Gasteiger partial charge >= 0.3 is 6.09 Å². The van der Waals surface area contributed by atoms with E-state index in [1.165, 1.54) is 5.01 Å². The fourth-order valence-corrected chi connectivity index (χ4v) is 3.72. The van der Waals surface area contributed by atoms with Gasteiger partial charge in [-0.15, -0.1) is 12.4 Å². The lowest BCUT2D eigenvalue weighted by Crippen LogP contribution is -2.43. The van der Waals surface area contributed by atoms with E-state index in [-0.39, 0.29) is 24.4 Å². The lowest BCUT2D eigenvalue weighted by Gasteiger charge is -2.30. The Labute approximate surface area is 225 Å². The van der Waals surface area contributed by atoms with Crippen LogP contribution in [-0.4, -0.2) is 62.4 Å². The third-order valence-corrected chi connectivity index (χ3v) is 5.47. The molecular formula is C27H37ClN4O5. The Morgan fingerprint density at radius 2 is 1.76 bits per heavy atom. The fourth-order valence-electron chi connectivity index (χ4n) is 3.72. The maximum absolute atomic E-state index is 13.1. The first-order chi connectivity index (χ1) is 17.4. The van der Waals surface area contributed by atoms with E-state index in [2.05, 4.69) is 10.7 Å². The van der Waals surface area contributed by atoms with Crippen molar-refractivity contribution in [3.63, 3.8) is 0 Å². The summed E-state index contributed by atoms with van der Waals surface area (Å²) in [5, 5.41) is 4.16. The molecule has 0 aromatic heterocycles. The van der Waals surface area contributed by atoms with Crippen LogP contribution < -0.4 is 20.2 Å². The van der Waals surface area contributed by atoms with Gasteiger partial charge in [-0.05, 0) is 82.7 Å². The number of hydrogen-bond acceptors (Lipinski definition) is 7. The third kappa shape index (κ3) is 8.96. The molecule has 0 spiro atoms. The van der Waals surface area contributed by atoms with E-state index in [0.717, 1.165) is 24.9 Å². The molecule has 9 nitrogen and oxygen atoms in total. The molecule has 2 amide bonds. The Morgan fingerprint density at radius 1 is 1.05 bits per heavy atom. The van der Waals surface area contributed by atoms with Gasteiger partial charge in [0.1, 0.15) is 0 Å². The minimum atomic E-state index is -0.516. The van der Waals surface area contributed by atoms with E-state index in [4.69, 9.17) is 14.2 Å². The Hall–Kier alpha value is -3.27. The second-order valence-electron chi connectivity index (χ2n) is 8.54. The van der Waals surface area contributed by atoms with Gasteiger partial charge in [0.05, 0.1) is 25.9 Å². The van der Waals surface area contributed by atoms with Crippen LogP contribution in [0.25, 0.3) is 0 Å². The Bertz CT molecular complexity index is 1050. The first kappa shape index (κ1) is 30.0. The number of carbonyl (C=O) groups is 2. The number of nitrogens with one attached hydrogen (secondary N) is 2. The maximum Gasteiger partial charge on any atom is 0.411 e. The average Bonchev–Trinajstić information content (AvgIpc) is 2.88. The molecule has 0 fully saturated rings. The molecule has 2 aromatic rings. The van der Waals surface area contributed by atoms with Crippen molar-refractivity contribution < 1.29 is 23.8 Å². The van der Waals surface area contributed by atoms with Crippen molar-refractivity contribution in [1.29, 1.82) is 0 Å². The number of ether oxygens (including phenoxy) is 3. The van der Waals surface area contributed by atoms with E-state index in [9.17, 15) is 9.59 Å². The first-order valence-corrected chi connectivity index (χ1v) is 12.3. The van der Waals surface area contributed by atoms with Crippen molar-refractivity contribution in [3.8, 4) is 11.5 Å². The number of hydrogen-bond donors (Lipinski definition) is 2. The minimum Gasteiger partial charge on any atom is -0.490 e. The quantitative estimate of drug-likeness (QED) is 0.393. The summed E-state index contributed by atoms with van der Waals surface area (Å²) in [7, 11) is 3.94. The van der Waals surface area contributed by atoms with Gasteiger partial charge in [0.15, 0.2) is 11.5 Å². The Morgan fingerprint density at radius 3 is 2.43 bits per heavy atom. The van der Waals surface area contributed by atoms with Crippen LogP contribution in [-0.2, 0) is 4.74 Å². The standard InChI is InChI=1S/C27H36N4O5.ClH/c1-5-34-24-15-12-21(19-25(24)35-6-2)23-9-7-17-31(29-23)26(32)20-10-13-22(14-11-20)28-27(33)36-18-8-16-30(3)4;/h7,10-15,17,19,23,29H,5-6,8-9,16,18H2,1-4H3,(H,28,33);1H. The number of benzene rings is 2. The van der Waals surface area contributed by atoms with Gasteiger partial charge in [-0.25, -0.2) is 15.2 Å². The van der Waals surface area contributed by atoms with Crippen molar-refractivity contribution in [1.82, 2.24) is 15.3 Å². The number of halogens is 1. The number of nitrogens with zero attached hydrogens (tertiary/aromatic N) is 2. The molecule has 3 rings (SSSR count). The van der Waals surface area contributed by atoms with Gasteiger partial charge in [-0.2, -0.15) is 0 Å². The summed E-state index contributed by atoms with van der Waals surface area (Å²) in [5.74, 6) is 1.18. The molecule has 1 aliphatic rings. The van der Waals surface area contributed by atoms with E-state index >= 15 is 0 Å². The van der Waals surface area contributed by atoms with Crippen LogP contribution in [0, 0.1) is 0 Å². The largest absolute Gasteiger partial charge is 0.490 e. The number of rotatable bonds is 11. The van der Waals surface area contributed by atoms with Gasteiger partial charge in [0, 0.05) is 24.0 Å². The highest BCUT2D eigenvalue weighted by molar-refractivity contribution is 5.95.